The van der Waals surface area contributed by atoms with Crippen molar-refractivity contribution in [1.82, 2.24) is 15.5 Å². The molecule has 0 radical (unpaired) electrons. The molecule has 0 saturated carbocycles. The number of piperazine rings is 1. The summed E-state index contributed by atoms with van der Waals surface area (Å²) in [7, 11) is 0. The first-order valence-electron chi connectivity index (χ1n) is 8.26. The lowest BCUT2D eigenvalue weighted by Gasteiger charge is -2.39. The zero-order chi connectivity index (χ0) is 16.7. The number of rotatable bonds is 6. The van der Waals surface area contributed by atoms with Crippen LogP contribution < -0.4 is 15.5 Å². The monoisotopic (exact) mass is 332 g/mol. The molecule has 5 heteroatoms. The minimum atomic E-state index is 0.470. The Bertz CT molecular complexity index is 509. The Hall–Kier alpha value is -1.59. The van der Waals surface area contributed by atoms with Crippen LogP contribution in [0.25, 0.3) is 0 Å². The molecule has 1 aromatic rings. The fourth-order valence-corrected chi connectivity index (χ4v) is 2.88. The van der Waals surface area contributed by atoms with Crippen LogP contribution in [0, 0.1) is 0 Å². The lowest BCUT2D eigenvalue weighted by molar-refractivity contribution is 0.197. The average molecular weight is 333 g/mol. The molecule has 0 aromatic heterocycles. The van der Waals surface area contributed by atoms with Gasteiger partial charge in [-0.15, -0.1) is 0 Å². The van der Waals surface area contributed by atoms with E-state index in [-0.39, 0.29) is 0 Å². The number of anilines is 1. The Labute approximate surface area is 145 Å². The third kappa shape index (κ3) is 5.84. The number of hydrogen-bond acceptors (Lipinski definition) is 3. The predicted octanol–water partition coefficient (Wildman–Crippen LogP) is 2.24. The molecule has 1 saturated heterocycles. The van der Waals surface area contributed by atoms with Crippen molar-refractivity contribution in [3.05, 3.63) is 42.5 Å². The number of benzene rings is 1. The van der Waals surface area contributed by atoms with Crippen LogP contribution in [0.3, 0.4) is 0 Å². The summed E-state index contributed by atoms with van der Waals surface area (Å²) in [5.74, 6) is 0. The van der Waals surface area contributed by atoms with Crippen molar-refractivity contribution in [3.63, 3.8) is 0 Å². The molecule has 0 aliphatic carbocycles. The number of para-hydroxylation sites is 1. The first kappa shape index (κ1) is 17.8. The summed E-state index contributed by atoms with van der Waals surface area (Å²) in [5, 5.41) is 7.18. The molecule has 1 unspecified atom stereocenters. The van der Waals surface area contributed by atoms with Gasteiger partial charge in [0, 0.05) is 51.0 Å². The van der Waals surface area contributed by atoms with Crippen molar-refractivity contribution in [3.8, 4) is 0 Å². The highest BCUT2D eigenvalue weighted by Crippen LogP contribution is 2.16. The standard InChI is InChI=1S/C18H28N4S/c1-15(2)13-19-18(23)20-14-16(3)21-9-11-22(12-10-21)17-7-5-4-6-8-17/h4-8,16H,1,9-14H2,2-3H3,(H2,19,20,23). The van der Waals surface area contributed by atoms with E-state index in [4.69, 9.17) is 12.2 Å². The van der Waals surface area contributed by atoms with Gasteiger partial charge in [0.05, 0.1) is 0 Å². The van der Waals surface area contributed by atoms with E-state index in [1.165, 1.54) is 5.69 Å². The molecule has 23 heavy (non-hydrogen) atoms. The van der Waals surface area contributed by atoms with Crippen LogP contribution in [0.2, 0.25) is 0 Å². The molecule has 4 nitrogen and oxygen atoms in total. The van der Waals surface area contributed by atoms with Gasteiger partial charge in [-0.1, -0.05) is 30.4 Å². The maximum Gasteiger partial charge on any atom is 0.166 e. The minimum Gasteiger partial charge on any atom is -0.369 e. The second-order valence-electron chi connectivity index (χ2n) is 6.23. The van der Waals surface area contributed by atoms with Crippen molar-refractivity contribution < 1.29 is 0 Å². The van der Waals surface area contributed by atoms with Crippen molar-refractivity contribution in [2.45, 2.75) is 19.9 Å². The van der Waals surface area contributed by atoms with Gasteiger partial charge in [0.1, 0.15) is 0 Å². The molecule has 126 valence electrons. The maximum atomic E-state index is 5.28. The van der Waals surface area contributed by atoms with E-state index in [1.807, 2.05) is 6.92 Å². The minimum absolute atomic E-state index is 0.470. The number of thiocarbonyl (C=S) groups is 1. The normalized spacial score (nSPS) is 16.7. The van der Waals surface area contributed by atoms with Crippen LogP contribution in [-0.4, -0.2) is 55.3 Å². The molecular weight excluding hydrogens is 304 g/mol. The van der Waals surface area contributed by atoms with E-state index in [9.17, 15) is 0 Å². The number of nitrogens with zero attached hydrogens (tertiary/aromatic N) is 2. The summed E-state index contributed by atoms with van der Waals surface area (Å²) in [6.45, 7) is 14.0. The first-order valence-corrected chi connectivity index (χ1v) is 8.67. The summed E-state index contributed by atoms with van der Waals surface area (Å²) >= 11 is 5.28. The summed E-state index contributed by atoms with van der Waals surface area (Å²) in [4.78, 5) is 4.98. The van der Waals surface area contributed by atoms with E-state index < -0.39 is 0 Å². The van der Waals surface area contributed by atoms with Crippen LogP contribution in [0.1, 0.15) is 13.8 Å². The molecule has 0 bridgehead atoms. The summed E-state index contributed by atoms with van der Waals surface area (Å²) in [6.07, 6.45) is 0. The molecule has 1 aromatic carbocycles. The predicted molar refractivity (Wildman–Crippen MR) is 103 cm³/mol. The first-order chi connectivity index (χ1) is 11.1. The lowest BCUT2D eigenvalue weighted by atomic mass is 10.2. The summed E-state index contributed by atoms with van der Waals surface area (Å²) < 4.78 is 0. The average Bonchev–Trinajstić information content (AvgIpc) is 2.58. The zero-order valence-electron chi connectivity index (χ0n) is 14.2. The van der Waals surface area contributed by atoms with Gasteiger partial charge in [-0.25, -0.2) is 0 Å². The second-order valence-corrected chi connectivity index (χ2v) is 6.64. The molecule has 1 aliphatic rings. The van der Waals surface area contributed by atoms with Crippen molar-refractivity contribution in [1.29, 1.82) is 0 Å². The second kappa shape index (κ2) is 8.89. The largest absolute Gasteiger partial charge is 0.369 e. The smallest absolute Gasteiger partial charge is 0.166 e. The Morgan fingerprint density at radius 2 is 1.83 bits per heavy atom. The number of hydrogen-bond donors (Lipinski definition) is 2. The molecule has 1 heterocycles. The van der Waals surface area contributed by atoms with Crippen molar-refractivity contribution in [2.75, 3.05) is 44.2 Å². The lowest BCUT2D eigenvalue weighted by Crippen LogP contribution is -2.53. The Kier molecular flexibility index (Phi) is 6.86. The summed E-state index contributed by atoms with van der Waals surface area (Å²) in [5.41, 5.74) is 2.40. The molecule has 2 rings (SSSR count). The van der Waals surface area contributed by atoms with Gasteiger partial charge >= 0.3 is 0 Å². The molecular formula is C18H28N4S. The van der Waals surface area contributed by atoms with E-state index in [0.717, 1.165) is 44.8 Å². The molecule has 1 fully saturated rings. The van der Waals surface area contributed by atoms with Gasteiger partial charge in [0.25, 0.3) is 0 Å². The Balaban J connectivity index is 1.70. The van der Waals surface area contributed by atoms with E-state index in [1.54, 1.807) is 0 Å². The van der Waals surface area contributed by atoms with Gasteiger partial charge in [-0.05, 0) is 38.2 Å². The van der Waals surface area contributed by atoms with Crippen molar-refractivity contribution >= 4 is 23.0 Å². The molecule has 2 N–H and O–H groups in total. The quantitative estimate of drug-likeness (QED) is 0.616. The molecule has 0 amide bonds. The van der Waals surface area contributed by atoms with E-state index >= 15 is 0 Å². The Morgan fingerprint density at radius 1 is 1.17 bits per heavy atom. The van der Waals surface area contributed by atoms with Gasteiger partial charge < -0.3 is 15.5 Å². The van der Waals surface area contributed by atoms with Gasteiger partial charge in [0.2, 0.25) is 0 Å². The van der Waals surface area contributed by atoms with E-state index in [0.29, 0.717) is 11.2 Å². The number of nitrogens with one attached hydrogen (secondary N) is 2. The third-order valence-electron chi connectivity index (χ3n) is 4.17. The maximum absolute atomic E-state index is 5.28. The SMILES string of the molecule is C=C(C)CNC(=S)NCC(C)N1CCN(c2ccccc2)CC1. The van der Waals surface area contributed by atoms with Gasteiger partial charge in [-0.2, -0.15) is 0 Å². The topological polar surface area (TPSA) is 30.5 Å². The van der Waals surface area contributed by atoms with Crippen molar-refractivity contribution in [2.24, 2.45) is 0 Å². The molecule has 0 spiro atoms. The highest BCUT2D eigenvalue weighted by Gasteiger charge is 2.21. The fourth-order valence-electron chi connectivity index (χ4n) is 2.72. The zero-order valence-corrected chi connectivity index (χ0v) is 15.0. The highest BCUT2D eigenvalue weighted by molar-refractivity contribution is 7.80. The van der Waals surface area contributed by atoms with Crippen LogP contribution in [-0.2, 0) is 0 Å². The third-order valence-corrected chi connectivity index (χ3v) is 4.46. The molecule has 1 atom stereocenters. The Morgan fingerprint density at radius 3 is 2.43 bits per heavy atom. The van der Waals surface area contributed by atoms with Crippen LogP contribution >= 0.6 is 12.2 Å². The van der Waals surface area contributed by atoms with Gasteiger partial charge in [-0.3, -0.25) is 4.90 Å². The van der Waals surface area contributed by atoms with Crippen LogP contribution in [0.4, 0.5) is 5.69 Å². The molecule has 1 aliphatic heterocycles. The van der Waals surface area contributed by atoms with Crippen LogP contribution in [0.5, 0.6) is 0 Å². The van der Waals surface area contributed by atoms with E-state index in [2.05, 4.69) is 64.3 Å². The van der Waals surface area contributed by atoms with Crippen LogP contribution in [0.15, 0.2) is 42.5 Å². The summed E-state index contributed by atoms with van der Waals surface area (Å²) in [6, 6.07) is 11.1. The fraction of sp³-hybridized carbons (Fsp3) is 0.500. The van der Waals surface area contributed by atoms with Gasteiger partial charge in [0.15, 0.2) is 5.11 Å². The highest BCUT2D eigenvalue weighted by atomic mass is 32.1.